The maximum absolute atomic E-state index is 14.3. The van der Waals surface area contributed by atoms with Gasteiger partial charge in [0.05, 0.1) is 0 Å². The van der Waals surface area contributed by atoms with Crippen molar-refractivity contribution in [3.05, 3.63) is 94.3 Å². The summed E-state index contributed by atoms with van der Waals surface area (Å²) in [5.41, 5.74) is 2.13. The molecule has 1 amide bonds. The molecule has 0 aromatic heterocycles. The molecule has 2 N–H and O–H groups in total. The lowest BCUT2D eigenvalue weighted by molar-refractivity contribution is 0.102. The van der Waals surface area contributed by atoms with E-state index in [-0.39, 0.29) is 12.1 Å². The molecular weight excluding hydrogens is 427 g/mol. The minimum atomic E-state index is -4.21. The molecule has 0 aliphatic carbocycles. The Morgan fingerprint density at radius 2 is 1.67 bits per heavy atom. The fourth-order valence-corrected chi connectivity index (χ4v) is 4.20. The Hall–Kier alpha value is -2.74. The van der Waals surface area contributed by atoms with E-state index < -0.39 is 26.6 Å². The van der Waals surface area contributed by atoms with E-state index in [9.17, 15) is 17.6 Å². The molecular formula is C22H20ClFN2O3S. The molecule has 0 heterocycles. The van der Waals surface area contributed by atoms with Gasteiger partial charge in [0.25, 0.3) is 5.91 Å². The van der Waals surface area contributed by atoms with Crippen molar-refractivity contribution >= 4 is 33.2 Å². The van der Waals surface area contributed by atoms with Gasteiger partial charge in [-0.3, -0.25) is 4.79 Å². The van der Waals surface area contributed by atoms with Crippen molar-refractivity contribution in [1.82, 2.24) is 4.72 Å². The van der Waals surface area contributed by atoms with Crippen LogP contribution in [0.4, 0.5) is 10.1 Å². The molecule has 5 nitrogen and oxygen atoms in total. The second-order valence-electron chi connectivity index (χ2n) is 6.53. The topological polar surface area (TPSA) is 75.3 Å². The van der Waals surface area contributed by atoms with Gasteiger partial charge in [0.1, 0.15) is 10.7 Å². The molecule has 0 unspecified atom stereocenters. The van der Waals surface area contributed by atoms with Gasteiger partial charge in [-0.05, 0) is 47.9 Å². The fourth-order valence-electron chi connectivity index (χ4n) is 2.89. The van der Waals surface area contributed by atoms with Gasteiger partial charge >= 0.3 is 0 Å². The van der Waals surface area contributed by atoms with Gasteiger partial charge < -0.3 is 5.32 Å². The van der Waals surface area contributed by atoms with Gasteiger partial charge in [-0.2, -0.15) is 0 Å². The highest BCUT2D eigenvalue weighted by molar-refractivity contribution is 7.89. The standard InChI is InChI=1S/C22H20ClFN2O3S/c1-2-15-7-4-6-10-20(15)26-22(27)16-11-12-19(24)21(13-16)30(28,29)25-14-17-8-3-5-9-18(17)23/h3-13,25H,2,14H2,1H3,(H,26,27). The third-order valence-electron chi connectivity index (χ3n) is 4.54. The monoisotopic (exact) mass is 446 g/mol. The van der Waals surface area contributed by atoms with E-state index in [2.05, 4.69) is 10.0 Å². The molecule has 0 saturated heterocycles. The molecule has 0 radical (unpaired) electrons. The number of aryl methyl sites for hydroxylation is 1. The van der Waals surface area contributed by atoms with Crippen LogP contribution < -0.4 is 10.0 Å². The van der Waals surface area contributed by atoms with E-state index in [0.717, 1.165) is 17.7 Å². The average Bonchev–Trinajstić information content (AvgIpc) is 2.73. The molecule has 0 spiro atoms. The van der Waals surface area contributed by atoms with Crippen molar-refractivity contribution in [1.29, 1.82) is 0 Å². The smallest absolute Gasteiger partial charge is 0.255 e. The third kappa shape index (κ3) is 5.05. The van der Waals surface area contributed by atoms with Crippen LogP contribution in [0, 0.1) is 5.82 Å². The van der Waals surface area contributed by atoms with Crippen LogP contribution in [-0.4, -0.2) is 14.3 Å². The van der Waals surface area contributed by atoms with E-state index in [1.54, 1.807) is 36.4 Å². The summed E-state index contributed by atoms with van der Waals surface area (Å²) in [5.74, 6) is -1.48. The first kappa shape index (κ1) is 22.0. The summed E-state index contributed by atoms with van der Waals surface area (Å²) in [6, 6.07) is 17.2. The third-order valence-corrected chi connectivity index (χ3v) is 6.32. The first-order valence-electron chi connectivity index (χ1n) is 9.23. The number of nitrogens with one attached hydrogen (secondary N) is 2. The van der Waals surface area contributed by atoms with E-state index in [0.29, 0.717) is 22.7 Å². The van der Waals surface area contributed by atoms with Crippen molar-refractivity contribution < 1.29 is 17.6 Å². The maximum atomic E-state index is 14.3. The number of sulfonamides is 1. The number of hydrogen-bond donors (Lipinski definition) is 2. The minimum Gasteiger partial charge on any atom is -0.322 e. The zero-order valence-corrected chi connectivity index (χ0v) is 17.7. The Morgan fingerprint density at radius 1 is 1.00 bits per heavy atom. The van der Waals surface area contributed by atoms with Gasteiger partial charge in [-0.1, -0.05) is 54.9 Å². The molecule has 0 bridgehead atoms. The molecule has 0 aliphatic heterocycles. The Morgan fingerprint density at radius 3 is 2.37 bits per heavy atom. The molecule has 0 saturated carbocycles. The summed E-state index contributed by atoms with van der Waals surface area (Å²) in [5, 5.41) is 3.14. The highest BCUT2D eigenvalue weighted by atomic mass is 35.5. The van der Waals surface area contributed by atoms with E-state index in [4.69, 9.17) is 11.6 Å². The van der Waals surface area contributed by atoms with Crippen LogP contribution in [0.15, 0.2) is 71.6 Å². The van der Waals surface area contributed by atoms with Gasteiger partial charge in [0.2, 0.25) is 10.0 Å². The fraction of sp³-hybridized carbons (Fsp3) is 0.136. The number of anilines is 1. The Bertz CT molecular complexity index is 1180. The van der Waals surface area contributed by atoms with Crippen molar-refractivity contribution in [2.24, 2.45) is 0 Å². The highest BCUT2D eigenvalue weighted by Gasteiger charge is 2.21. The summed E-state index contributed by atoms with van der Waals surface area (Å²) in [6.07, 6.45) is 0.714. The SMILES string of the molecule is CCc1ccccc1NC(=O)c1ccc(F)c(S(=O)(=O)NCc2ccccc2Cl)c1. The number of benzene rings is 3. The quantitative estimate of drug-likeness (QED) is 0.548. The van der Waals surface area contributed by atoms with Crippen LogP contribution >= 0.6 is 11.6 Å². The van der Waals surface area contributed by atoms with Gasteiger partial charge in [-0.15, -0.1) is 0 Å². The number of para-hydroxylation sites is 1. The van der Waals surface area contributed by atoms with Gasteiger partial charge in [-0.25, -0.2) is 17.5 Å². The lowest BCUT2D eigenvalue weighted by Gasteiger charge is -2.12. The summed E-state index contributed by atoms with van der Waals surface area (Å²) in [6.45, 7) is 1.85. The van der Waals surface area contributed by atoms with E-state index in [1.165, 1.54) is 6.07 Å². The first-order valence-corrected chi connectivity index (χ1v) is 11.1. The summed E-state index contributed by atoms with van der Waals surface area (Å²) in [7, 11) is -4.21. The summed E-state index contributed by atoms with van der Waals surface area (Å²) in [4.78, 5) is 12.0. The number of carbonyl (C=O) groups excluding carboxylic acids is 1. The lowest BCUT2D eigenvalue weighted by Crippen LogP contribution is -2.25. The number of amides is 1. The number of hydrogen-bond acceptors (Lipinski definition) is 3. The number of carbonyl (C=O) groups is 1. The van der Waals surface area contributed by atoms with E-state index >= 15 is 0 Å². The van der Waals surface area contributed by atoms with E-state index in [1.807, 2.05) is 19.1 Å². The molecule has 3 rings (SSSR count). The van der Waals surface area contributed by atoms with Crippen molar-refractivity contribution in [2.75, 3.05) is 5.32 Å². The van der Waals surface area contributed by atoms with Crippen LogP contribution in [0.25, 0.3) is 0 Å². The summed E-state index contributed by atoms with van der Waals surface area (Å²) >= 11 is 6.04. The number of rotatable bonds is 7. The van der Waals surface area contributed by atoms with Crippen molar-refractivity contribution in [3.8, 4) is 0 Å². The van der Waals surface area contributed by atoms with Crippen molar-refractivity contribution in [2.45, 2.75) is 24.8 Å². The zero-order valence-electron chi connectivity index (χ0n) is 16.2. The Balaban J connectivity index is 1.83. The van der Waals surface area contributed by atoms with Crippen LogP contribution in [0.5, 0.6) is 0 Å². The number of halogens is 2. The zero-order chi connectivity index (χ0) is 21.7. The second-order valence-corrected chi connectivity index (χ2v) is 8.67. The molecule has 0 aliphatic rings. The van der Waals surface area contributed by atoms with Crippen LogP contribution in [0.2, 0.25) is 5.02 Å². The summed E-state index contributed by atoms with van der Waals surface area (Å²) < 4.78 is 41.9. The Kier molecular flexibility index (Phi) is 6.87. The molecule has 0 atom stereocenters. The predicted octanol–water partition coefficient (Wildman–Crippen LogP) is 4.77. The molecule has 30 heavy (non-hydrogen) atoms. The van der Waals surface area contributed by atoms with Crippen LogP contribution in [0.1, 0.15) is 28.4 Å². The van der Waals surface area contributed by atoms with Crippen molar-refractivity contribution in [3.63, 3.8) is 0 Å². The highest BCUT2D eigenvalue weighted by Crippen LogP contribution is 2.21. The Labute approximate surface area is 179 Å². The molecule has 8 heteroatoms. The second kappa shape index (κ2) is 9.38. The van der Waals surface area contributed by atoms with Gasteiger partial charge in [0, 0.05) is 22.8 Å². The largest absolute Gasteiger partial charge is 0.322 e. The lowest BCUT2D eigenvalue weighted by atomic mass is 10.1. The maximum Gasteiger partial charge on any atom is 0.255 e. The molecule has 3 aromatic rings. The van der Waals surface area contributed by atoms with Crippen LogP contribution in [-0.2, 0) is 23.0 Å². The average molecular weight is 447 g/mol. The normalized spacial score (nSPS) is 11.3. The minimum absolute atomic E-state index is 0.0282. The molecule has 156 valence electrons. The molecule has 3 aromatic carbocycles. The van der Waals surface area contributed by atoms with Crippen LogP contribution in [0.3, 0.4) is 0 Å². The molecule has 0 fully saturated rings. The first-order chi connectivity index (χ1) is 14.3. The van der Waals surface area contributed by atoms with Gasteiger partial charge in [0.15, 0.2) is 0 Å². The predicted molar refractivity (Wildman–Crippen MR) is 116 cm³/mol.